The fourth-order valence-corrected chi connectivity index (χ4v) is 2.61. The van der Waals surface area contributed by atoms with Gasteiger partial charge >= 0.3 is 0 Å². The fourth-order valence-electron chi connectivity index (χ4n) is 2.61. The van der Waals surface area contributed by atoms with Crippen molar-refractivity contribution < 1.29 is 4.79 Å². The predicted molar refractivity (Wildman–Crippen MR) is 93.2 cm³/mol. The second kappa shape index (κ2) is 8.26. The minimum absolute atomic E-state index is 0.111. The molecule has 0 saturated carbocycles. The Hall–Kier alpha value is -1.66. The molecular weight excluding hydrogens is 290 g/mol. The highest BCUT2D eigenvalue weighted by Gasteiger charge is 2.18. The number of likely N-dealkylation sites (N-methyl/N-ethyl adjacent to an activating group) is 1. The van der Waals surface area contributed by atoms with Crippen LogP contribution in [0.5, 0.6) is 0 Å². The van der Waals surface area contributed by atoms with E-state index in [1.54, 1.807) is 0 Å². The Labute approximate surface area is 139 Å². The first-order valence-corrected chi connectivity index (χ1v) is 8.46. The highest BCUT2D eigenvalue weighted by Crippen LogP contribution is 2.14. The second-order valence-corrected chi connectivity index (χ2v) is 6.43. The van der Waals surface area contributed by atoms with Gasteiger partial charge in [-0.3, -0.25) is 4.79 Å². The fraction of sp³-hybridized carbons (Fsp3) is 0.647. The minimum atomic E-state index is -0.461. The van der Waals surface area contributed by atoms with Crippen LogP contribution in [0.4, 0.5) is 5.82 Å². The van der Waals surface area contributed by atoms with Gasteiger partial charge in [0.2, 0.25) is 5.91 Å². The molecule has 1 amide bonds. The van der Waals surface area contributed by atoms with Crippen LogP contribution in [0, 0.1) is 5.92 Å². The number of carbonyl (C=O) groups is 1. The van der Waals surface area contributed by atoms with Crippen LogP contribution in [0.25, 0.3) is 0 Å². The van der Waals surface area contributed by atoms with Gasteiger partial charge in [-0.2, -0.15) is 0 Å². The van der Waals surface area contributed by atoms with Crippen LogP contribution >= 0.6 is 0 Å². The number of hydrogen-bond acceptors (Lipinski definition) is 5. The number of carbonyl (C=O) groups excluding carboxylic acids is 1. The molecule has 1 saturated heterocycles. The molecule has 2 rings (SSSR count). The van der Waals surface area contributed by atoms with Gasteiger partial charge < -0.3 is 20.9 Å². The van der Waals surface area contributed by atoms with Crippen LogP contribution in [0.1, 0.15) is 26.3 Å². The van der Waals surface area contributed by atoms with Gasteiger partial charge in [-0.25, -0.2) is 4.98 Å². The number of aromatic nitrogens is 1. The van der Waals surface area contributed by atoms with Crippen molar-refractivity contribution in [2.45, 2.75) is 33.4 Å². The molecule has 0 aromatic carbocycles. The van der Waals surface area contributed by atoms with Gasteiger partial charge in [-0.05, 0) is 24.1 Å². The smallest absolute Gasteiger partial charge is 0.237 e. The minimum Gasteiger partial charge on any atom is -0.354 e. The van der Waals surface area contributed by atoms with Crippen LogP contribution in [0.3, 0.4) is 0 Å². The molecule has 0 aliphatic carbocycles. The summed E-state index contributed by atoms with van der Waals surface area (Å²) in [5.74, 6) is 1.03. The van der Waals surface area contributed by atoms with Crippen LogP contribution in [0.2, 0.25) is 0 Å². The zero-order valence-electron chi connectivity index (χ0n) is 14.5. The quantitative estimate of drug-likeness (QED) is 0.812. The van der Waals surface area contributed by atoms with E-state index >= 15 is 0 Å². The Morgan fingerprint density at radius 1 is 1.30 bits per heavy atom. The summed E-state index contributed by atoms with van der Waals surface area (Å²) < 4.78 is 0. The number of amides is 1. The van der Waals surface area contributed by atoms with Crippen molar-refractivity contribution in [1.29, 1.82) is 0 Å². The first kappa shape index (κ1) is 17.7. The Morgan fingerprint density at radius 2 is 2.00 bits per heavy atom. The molecule has 2 heterocycles. The largest absolute Gasteiger partial charge is 0.354 e. The van der Waals surface area contributed by atoms with Gasteiger partial charge in [0.15, 0.2) is 0 Å². The van der Waals surface area contributed by atoms with E-state index in [4.69, 9.17) is 5.73 Å². The molecule has 1 atom stereocenters. The van der Waals surface area contributed by atoms with E-state index in [9.17, 15) is 4.79 Å². The number of anilines is 1. The average molecular weight is 319 g/mol. The van der Waals surface area contributed by atoms with Crippen LogP contribution in [-0.2, 0) is 11.3 Å². The van der Waals surface area contributed by atoms with Gasteiger partial charge in [0.25, 0.3) is 0 Å². The zero-order chi connectivity index (χ0) is 16.8. The Balaban J connectivity index is 1.84. The predicted octanol–water partition coefficient (Wildman–Crippen LogP) is 0.823. The van der Waals surface area contributed by atoms with E-state index in [2.05, 4.69) is 27.0 Å². The summed E-state index contributed by atoms with van der Waals surface area (Å²) in [5.41, 5.74) is 6.82. The van der Waals surface area contributed by atoms with Gasteiger partial charge in [-0.15, -0.1) is 0 Å². The van der Waals surface area contributed by atoms with Crippen molar-refractivity contribution in [3.05, 3.63) is 23.9 Å². The normalized spacial score (nSPS) is 17.3. The summed E-state index contributed by atoms with van der Waals surface area (Å²) in [5, 5.41) is 2.87. The molecule has 6 nitrogen and oxygen atoms in total. The highest BCUT2D eigenvalue weighted by atomic mass is 16.2. The third-order valence-electron chi connectivity index (χ3n) is 4.44. The van der Waals surface area contributed by atoms with Crippen molar-refractivity contribution in [3.8, 4) is 0 Å². The Kier molecular flexibility index (Phi) is 6.36. The van der Waals surface area contributed by atoms with E-state index in [0.29, 0.717) is 6.54 Å². The number of hydrogen-bond donors (Lipinski definition) is 2. The summed E-state index contributed by atoms with van der Waals surface area (Å²) in [6.07, 6.45) is 1.84. The number of piperazine rings is 1. The van der Waals surface area contributed by atoms with E-state index < -0.39 is 6.04 Å². The lowest BCUT2D eigenvalue weighted by atomic mass is 10.1. The highest BCUT2D eigenvalue weighted by molar-refractivity contribution is 5.81. The molecule has 0 spiro atoms. The third kappa shape index (κ3) is 4.91. The number of nitrogens with one attached hydrogen (secondary N) is 1. The van der Waals surface area contributed by atoms with Crippen molar-refractivity contribution in [1.82, 2.24) is 15.2 Å². The van der Waals surface area contributed by atoms with Crippen molar-refractivity contribution in [2.75, 3.05) is 37.6 Å². The summed E-state index contributed by atoms with van der Waals surface area (Å²) >= 11 is 0. The monoisotopic (exact) mass is 319 g/mol. The molecular formula is C17H29N5O. The maximum atomic E-state index is 11.9. The van der Waals surface area contributed by atoms with E-state index in [-0.39, 0.29) is 11.8 Å². The van der Waals surface area contributed by atoms with Crippen LogP contribution in [-0.4, -0.2) is 54.6 Å². The summed E-state index contributed by atoms with van der Waals surface area (Å²) in [4.78, 5) is 21.1. The lowest BCUT2D eigenvalue weighted by Crippen LogP contribution is -2.46. The topological polar surface area (TPSA) is 74.5 Å². The number of nitrogens with zero attached hydrogens (tertiary/aromatic N) is 3. The first-order valence-electron chi connectivity index (χ1n) is 8.46. The maximum Gasteiger partial charge on any atom is 0.237 e. The summed E-state index contributed by atoms with van der Waals surface area (Å²) in [7, 11) is 0. The Bertz CT molecular complexity index is 494. The maximum absolute atomic E-state index is 11.9. The van der Waals surface area contributed by atoms with Crippen LogP contribution in [0.15, 0.2) is 18.3 Å². The average Bonchev–Trinajstić information content (AvgIpc) is 2.59. The third-order valence-corrected chi connectivity index (χ3v) is 4.44. The molecule has 128 valence electrons. The summed E-state index contributed by atoms with van der Waals surface area (Å²) in [6, 6.07) is 3.60. The number of nitrogens with two attached hydrogens (primary N) is 1. The molecule has 0 radical (unpaired) electrons. The van der Waals surface area contributed by atoms with Gasteiger partial charge in [-0.1, -0.05) is 26.8 Å². The van der Waals surface area contributed by atoms with Gasteiger partial charge in [0.1, 0.15) is 5.82 Å². The lowest BCUT2D eigenvalue weighted by Gasteiger charge is -2.34. The van der Waals surface area contributed by atoms with Gasteiger partial charge in [0, 0.05) is 38.9 Å². The van der Waals surface area contributed by atoms with Gasteiger partial charge in [0.05, 0.1) is 6.04 Å². The standard InChI is InChI=1S/C17H29N5O/c1-4-21-7-9-22(10-8-21)15-6-5-14(11-19-15)12-20-17(23)16(18)13(2)3/h5-6,11,13,16H,4,7-10,12,18H2,1-3H3,(H,20,23)/t16-/m0/s1. The number of pyridine rings is 1. The molecule has 0 bridgehead atoms. The molecule has 23 heavy (non-hydrogen) atoms. The molecule has 6 heteroatoms. The number of rotatable bonds is 6. The molecule has 1 aliphatic heterocycles. The molecule has 0 unspecified atom stereocenters. The summed E-state index contributed by atoms with van der Waals surface area (Å²) in [6.45, 7) is 11.9. The second-order valence-electron chi connectivity index (χ2n) is 6.43. The van der Waals surface area contributed by atoms with Crippen LogP contribution < -0.4 is 16.0 Å². The zero-order valence-corrected chi connectivity index (χ0v) is 14.5. The lowest BCUT2D eigenvalue weighted by molar-refractivity contribution is -0.123. The molecule has 1 aromatic heterocycles. The Morgan fingerprint density at radius 3 is 2.52 bits per heavy atom. The van der Waals surface area contributed by atoms with Crippen molar-refractivity contribution in [2.24, 2.45) is 11.7 Å². The molecule has 1 fully saturated rings. The molecule has 1 aromatic rings. The first-order chi connectivity index (χ1) is 11.0. The van der Waals surface area contributed by atoms with E-state index in [0.717, 1.165) is 44.1 Å². The van der Waals surface area contributed by atoms with Crippen molar-refractivity contribution in [3.63, 3.8) is 0 Å². The van der Waals surface area contributed by atoms with E-state index in [1.165, 1.54) is 0 Å². The SMILES string of the molecule is CCN1CCN(c2ccc(CNC(=O)[C@@H](N)C(C)C)cn2)CC1. The van der Waals surface area contributed by atoms with E-state index in [1.807, 2.05) is 32.2 Å². The molecule has 1 aliphatic rings. The molecule has 3 N–H and O–H groups in total. The van der Waals surface area contributed by atoms with Crippen molar-refractivity contribution >= 4 is 11.7 Å².